The van der Waals surface area contributed by atoms with E-state index in [1.54, 1.807) is 7.11 Å². The number of halogens is 1. The van der Waals surface area contributed by atoms with Gasteiger partial charge in [0.1, 0.15) is 5.75 Å². The molecular weight excluding hydrogens is 276 g/mol. The van der Waals surface area contributed by atoms with E-state index in [1.807, 2.05) is 24.3 Å². The highest BCUT2D eigenvalue weighted by atomic mass is 35.7. The van der Waals surface area contributed by atoms with Gasteiger partial charge in [0.05, 0.1) is 25.6 Å². The molecule has 4 nitrogen and oxygen atoms in total. The minimum Gasteiger partial charge on any atom is -0.497 e. The van der Waals surface area contributed by atoms with E-state index in [1.165, 1.54) is 0 Å². The van der Waals surface area contributed by atoms with Crippen LogP contribution >= 0.6 is 10.7 Å². The van der Waals surface area contributed by atoms with Crippen LogP contribution in [0.3, 0.4) is 0 Å². The summed E-state index contributed by atoms with van der Waals surface area (Å²) < 4.78 is 32.6. The molecule has 2 unspecified atom stereocenters. The second-order valence-corrected chi connectivity index (χ2v) is 7.19. The van der Waals surface area contributed by atoms with Gasteiger partial charge >= 0.3 is 0 Å². The fourth-order valence-corrected chi connectivity index (χ4v) is 3.27. The predicted molar refractivity (Wildman–Crippen MR) is 69.7 cm³/mol. The van der Waals surface area contributed by atoms with Crippen molar-refractivity contribution in [3.63, 3.8) is 0 Å². The Bertz CT molecular complexity index is 515. The van der Waals surface area contributed by atoms with Crippen molar-refractivity contribution in [2.75, 3.05) is 19.5 Å². The number of ether oxygens (including phenoxy) is 2. The van der Waals surface area contributed by atoms with Crippen molar-refractivity contribution in [3.8, 4) is 5.75 Å². The first-order chi connectivity index (χ1) is 8.48. The zero-order valence-corrected chi connectivity index (χ0v) is 11.6. The average Bonchev–Trinajstić information content (AvgIpc) is 2.75. The number of benzene rings is 1. The topological polar surface area (TPSA) is 52.6 Å². The van der Waals surface area contributed by atoms with Crippen LogP contribution in [0.4, 0.5) is 0 Å². The molecule has 1 aliphatic rings. The zero-order chi connectivity index (χ0) is 13.2. The third-order valence-corrected chi connectivity index (χ3v) is 4.18. The summed E-state index contributed by atoms with van der Waals surface area (Å²) in [6.07, 6.45) is 0.350. The van der Waals surface area contributed by atoms with Crippen LogP contribution in [0.15, 0.2) is 24.3 Å². The summed E-state index contributed by atoms with van der Waals surface area (Å²) in [5.74, 6) is 0.860. The molecule has 18 heavy (non-hydrogen) atoms. The first-order valence-corrected chi connectivity index (χ1v) is 8.13. The highest BCUT2D eigenvalue weighted by Crippen LogP contribution is 2.31. The van der Waals surface area contributed by atoms with Gasteiger partial charge in [0.15, 0.2) is 0 Å². The van der Waals surface area contributed by atoms with Gasteiger partial charge in [-0.15, -0.1) is 0 Å². The number of hydrogen-bond donors (Lipinski definition) is 0. The molecule has 1 saturated heterocycles. The normalized spacial score (nSPS) is 24.1. The van der Waals surface area contributed by atoms with Crippen molar-refractivity contribution in [2.24, 2.45) is 0 Å². The van der Waals surface area contributed by atoms with E-state index in [0.29, 0.717) is 13.0 Å². The Morgan fingerprint density at radius 3 is 2.94 bits per heavy atom. The van der Waals surface area contributed by atoms with E-state index in [-0.39, 0.29) is 17.8 Å². The first kappa shape index (κ1) is 13.6. The molecule has 1 aromatic rings. The Kier molecular flexibility index (Phi) is 4.14. The lowest BCUT2D eigenvalue weighted by molar-refractivity contribution is 0.126. The summed E-state index contributed by atoms with van der Waals surface area (Å²) in [4.78, 5) is 0. The Hall–Kier alpha value is -0.780. The Labute approximate surface area is 111 Å². The summed E-state index contributed by atoms with van der Waals surface area (Å²) >= 11 is 0. The van der Waals surface area contributed by atoms with E-state index in [2.05, 4.69) is 0 Å². The molecule has 6 heteroatoms. The van der Waals surface area contributed by atoms with Crippen molar-refractivity contribution >= 4 is 19.7 Å². The van der Waals surface area contributed by atoms with Crippen LogP contribution in [0.25, 0.3) is 0 Å². The molecule has 0 aliphatic carbocycles. The van der Waals surface area contributed by atoms with Gasteiger partial charge < -0.3 is 9.47 Å². The molecule has 1 fully saturated rings. The smallest absolute Gasteiger partial charge is 0.235 e. The summed E-state index contributed by atoms with van der Waals surface area (Å²) in [6, 6.07) is 7.74. The van der Waals surface area contributed by atoms with Crippen LogP contribution in [0.2, 0.25) is 0 Å². The van der Waals surface area contributed by atoms with Crippen LogP contribution in [-0.4, -0.2) is 34.0 Å². The molecular formula is C12H15ClO4S. The van der Waals surface area contributed by atoms with E-state index >= 15 is 0 Å². The largest absolute Gasteiger partial charge is 0.497 e. The van der Waals surface area contributed by atoms with Crippen molar-refractivity contribution in [2.45, 2.75) is 18.4 Å². The van der Waals surface area contributed by atoms with Gasteiger partial charge in [0, 0.05) is 16.6 Å². The molecule has 0 N–H and O–H groups in total. The molecule has 0 saturated carbocycles. The van der Waals surface area contributed by atoms with Crippen LogP contribution < -0.4 is 4.74 Å². The maximum atomic E-state index is 11.0. The highest BCUT2D eigenvalue weighted by Gasteiger charge is 2.29. The number of methoxy groups -OCH3 is 1. The molecule has 1 heterocycles. The summed E-state index contributed by atoms with van der Waals surface area (Å²) in [6.45, 7) is 0.518. The molecule has 1 aromatic carbocycles. The lowest BCUT2D eigenvalue weighted by Gasteiger charge is -2.10. The standard InChI is InChI=1S/C12H15ClO4S/c1-16-11-4-2-3-9(5-11)10-6-12(17-7-10)8-18(13,14)15/h2-5,10,12H,6-8H2,1H3. The lowest BCUT2D eigenvalue weighted by atomic mass is 9.96. The van der Waals surface area contributed by atoms with Gasteiger partial charge in [-0.2, -0.15) is 0 Å². The van der Waals surface area contributed by atoms with E-state index in [0.717, 1.165) is 11.3 Å². The number of hydrogen-bond acceptors (Lipinski definition) is 4. The second kappa shape index (κ2) is 5.47. The zero-order valence-electron chi connectivity index (χ0n) is 10.0. The van der Waals surface area contributed by atoms with Crippen LogP contribution in [0.5, 0.6) is 5.75 Å². The van der Waals surface area contributed by atoms with Gasteiger partial charge in [-0.1, -0.05) is 12.1 Å². The Morgan fingerprint density at radius 1 is 1.50 bits per heavy atom. The lowest BCUT2D eigenvalue weighted by Crippen LogP contribution is -2.16. The third kappa shape index (κ3) is 3.60. The van der Waals surface area contributed by atoms with Crippen LogP contribution in [0, 0.1) is 0 Å². The summed E-state index contributed by atoms with van der Waals surface area (Å²) in [5.41, 5.74) is 1.10. The maximum Gasteiger partial charge on any atom is 0.235 e. The quantitative estimate of drug-likeness (QED) is 0.797. The van der Waals surface area contributed by atoms with Gasteiger partial charge in [0.25, 0.3) is 0 Å². The molecule has 0 bridgehead atoms. The molecule has 0 radical (unpaired) electrons. The number of rotatable bonds is 4. The Morgan fingerprint density at radius 2 is 2.28 bits per heavy atom. The van der Waals surface area contributed by atoms with Gasteiger partial charge in [-0.3, -0.25) is 0 Å². The van der Waals surface area contributed by atoms with Gasteiger partial charge in [-0.25, -0.2) is 8.42 Å². The minimum atomic E-state index is -3.50. The van der Waals surface area contributed by atoms with Gasteiger partial charge in [-0.05, 0) is 24.1 Å². The molecule has 2 atom stereocenters. The summed E-state index contributed by atoms with van der Waals surface area (Å²) in [7, 11) is 3.34. The predicted octanol–water partition coefficient (Wildman–Crippen LogP) is 2.14. The van der Waals surface area contributed by atoms with Crippen molar-refractivity contribution < 1.29 is 17.9 Å². The molecule has 2 rings (SSSR count). The highest BCUT2D eigenvalue weighted by molar-refractivity contribution is 8.13. The van der Waals surface area contributed by atoms with Crippen molar-refractivity contribution in [1.82, 2.24) is 0 Å². The van der Waals surface area contributed by atoms with E-state index < -0.39 is 9.05 Å². The average molecular weight is 291 g/mol. The second-order valence-electron chi connectivity index (χ2n) is 4.37. The molecule has 1 aliphatic heterocycles. The molecule has 0 amide bonds. The van der Waals surface area contributed by atoms with Crippen LogP contribution in [0.1, 0.15) is 17.9 Å². The van der Waals surface area contributed by atoms with Gasteiger partial charge in [0.2, 0.25) is 9.05 Å². The summed E-state index contributed by atoms with van der Waals surface area (Å²) in [5, 5.41) is 0. The maximum absolute atomic E-state index is 11.0. The third-order valence-electron chi connectivity index (χ3n) is 3.03. The van der Waals surface area contributed by atoms with Crippen LogP contribution in [-0.2, 0) is 13.8 Å². The van der Waals surface area contributed by atoms with Crippen molar-refractivity contribution in [3.05, 3.63) is 29.8 Å². The fourth-order valence-electron chi connectivity index (χ4n) is 2.17. The van der Waals surface area contributed by atoms with E-state index in [4.69, 9.17) is 20.2 Å². The SMILES string of the molecule is COc1cccc(C2COC(CS(=O)(=O)Cl)C2)c1. The fraction of sp³-hybridized carbons (Fsp3) is 0.500. The molecule has 100 valence electrons. The molecule has 0 aromatic heterocycles. The molecule has 0 spiro atoms. The van der Waals surface area contributed by atoms with Crippen molar-refractivity contribution in [1.29, 1.82) is 0 Å². The van der Waals surface area contributed by atoms with E-state index in [9.17, 15) is 8.42 Å². The Balaban J connectivity index is 2.04. The minimum absolute atomic E-state index is 0.130. The first-order valence-electron chi connectivity index (χ1n) is 5.66. The monoisotopic (exact) mass is 290 g/mol.